The van der Waals surface area contributed by atoms with E-state index in [2.05, 4.69) is 31.4 Å². The smallest absolute Gasteiger partial charge is 0.407 e. The molecule has 2 N–H and O–H groups in total. The van der Waals surface area contributed by atoms with E-state index in [1.807, 2.05) is 20.8 Å². The fraction of sp³-hybridized carbons (Fsp3) is 0.938. The highest BCUT2D eigenvalue weighted by atomic mass is 16.6. The monoisotopic (exact) mass is 284 g/mol. The Labute approximate surface area is 124 Å². The molecular formula is C16H32N2O2. The first kappa shape index (κ1) is 17.3. The van der Waals surface area contributed by atoms with Crippen LogP contribution < -0.4 is 10.6 Å². The molecule has 0 saturated heterocycles. The molecule has 20 heavy (non-hydrogen) atoms. The van der Waals surface area contributed by atoms with Gasteiger partial charge in [0.15, 0.2) is 0 Å². The van der Waals surface area contributed by atoms with Gasteiger partial charge in [0.1, 0.15) is 5.60 Å². The van der Waals surface area contributed by atoms with Crippen molar-refractivity contribution in [1.82, 2.24) is 10.6 Å². The Kier molecular flexibility index (Phi) is 5.87. The summed E-state index contributed by atoms with van der Waals surface area (Å²) in [6, 6.07) is 0.538. The predicted molar refractivity (Wildman–Crippen MR) is 82.9 cm³/mol. The molecular weight excluding hydrogens is 252 g/mol. The van der Waals surface area contributed by atoms with Crippen molar-refractivity contribution in [2.45, 2.75) is 84.9 Å². The molecule has 1 fully saturated rings. The van der Waals surface area contributed by atoms with Crippen LogP contribution >= 0.6 is 0 Å². The highest BCUT2D eigenvalue weighted by Crippen LogP contribution is 2.21. The van der Waals surface area contributed by atoms with Crippen LogP contribution in [-0.2, 0) is 4.74 Å². The maximum absolute atomic E-state index is 11.9. The Morgan fingerprint density at radius 1 is 1.05 bits per heavy atom. The van der Waals surface area contributed by atoms with Crippen LogP contribution in [0.4, 0.5) is 4.79 Å². The minimum atomic E-state index is -0.437. The van der Waals surface area contributed by atoms with E-state index in [1.165, 1.54) is 12.8 Å². The van der Waals surface area contributed by atoms with Crippen LogP contribution in [0.2, 0.25) is 0 Å². The minimum absolute atomic E-state index is 0.181. The Bertz CT molecular complexity index is 315. The molecule has 1 aliphatic carbocycles. The molecule has 0 unspecified atom stereocenters. The molecule has 2 atom stereocenters. The Hall–Kier alpha value is -0.770. The van der Waals surface area contributed by atoms with Gasteiger partial charge in [0.25, 0.3) is 0 Å². The van der Waals surface area contributed by atoms with Gasteiger partial charge in [-0.15, -0.1) is 0 Å². The number of alkyl carbamates (subject to hydrolysis) is 1. The zero-order valence-electron chi connectivity index (χ0n) is 14.0. The molecule has 4 heteroatoms. The summed E-state index contributed by atoms with van der Waals surface area (Å²) in [5.74, 6) is 0. The number of amides is 1. The first-order valence-corrected chi connectivity index (χ1v) is 7.80. The van der Waals surface area contributed by atoms with E-state index in [4.69, 9.17) is 4.74 Å². The van der Waals surface area contributed by atoms with Gasteiger partial charge in [-0.2, -0.15) is 0 Å². The molecule has 118 valence electrons. The molecule has 0 heterocycles. The average molecular weight is 284 g/mol. The van der Waals surface area contributed by atoms with Gasteiger partial charge in [0.2, 0.25) is 0 Å². The van der Waals surface area contributed by atoms with E-state index in [1.54, 1.807) is 0 Å². The number of hydrogen-bond acceptors (Lipinski definition) is 3. The molecule has 0 aliphatic heterocycles. The normalized spacial score (nSPS) is 24.3. The molecule has 0 aromatic rings. The SMILES string of the molecule is CC(C)(C)CN[C@H]1CCCC[C@@H]1NC(=O)OC(C)(C)C. The largest absolute Gasteiger partial charge is 0.444 e. The summed E-state index contributed by atoms with van der Waals surface area (Å²) in [7, 11) is 0. The number of ether oxygens (including phenoxy) is 1. The van der Waals surface area contributed by atoms with E-state index < -0.39 is 5.60 Å². The number of hydrogen-bond donors (Lipinski definition) is 2. The van der Waals surface area contributed by atoms with Gasteiger partial charge >= 0.3 is 6.09 Å². The number of carbonyl (C=O) groups is 1. The zero-order valence-corrected chi connectivity index (χ0v) is 14.0. The molecule has 0 bridgehead atoms. The van der Waals surface area contributed by atoms with Gasteiger partial charge in [-0.25, -0.2) is 4.79 Å². The summed E-state index contributed by atoms with van der Waals surface area (Å²) in [6.45, 7) is 13.3. The Balaban J connectivity index is 2.49. The quantitative estimate of drug-likeness (QED) is 0.834. The number of nitrogens with one attached hydrogen (secondary N) is 2. The summed E-state index contributed by atoms with van der Waals surface area (Å²) < 4.78 is 5.36. The lowest BCUT2D eigenvalue weighted by Gasteiger charge is -2.35. The number of carbonyl (C=O) groups excluding carboxylic acids is 1. The summed E-state index contributed by atoms with van der Waals surface area (Å²) in [5, 5.41) is 6.65. The van der Waals surface area contributed by atoms with Crippen molar-refractivity contribution in [2.75, 3.05) is 6.54 Å². The van der Waals surface area contributed by atoms with Crippen molar-refractivity contribution in [1.29, 1.82) is 0 Å². The van der Waals surface area contributed by atoms with E-state index in [9.17, 15) is 4.79 Å². The lowest BCUT2D eigenvalue weighted by molar-refractivity contribution is 0.0478. The Morgan fingerprint density at radius 3 is 2.10 bits per heavy atom. The molecule has 4 nitrogen and oxygen atoms in total. The average Bonchev–Trinajstić information content (AvgIpc) is 2.24. The van der Waals surface area contributed by atoms with E-state index >= 15 is 0 Å². The molecule has 0 spiro atoms. The third kappa shape index (κ3) is 7.13. The zero-order chi connectivity index (χ0) is 15.4. The van der Waals surface area contributed by atoms with Crippen molar-refractivity contribution < 1.29 is 9.53 Å². The van der Waals surface area contributed by atoms with Crippen molar-refractivity contribution in [2.24, 2.45) is 5.41 Å². The first-order chi connectivity index (χ1) is 9.07. The molecule has 0 aromatic carbocycles. The summed E-state index contributed by atoms with van der Waals surface area (Å²) in [6.07, 6.45) is 4.26. The van der Waals surface area contributed by atoms with Crippen molar-refractivity contribution in [3.8, 4) is 0 Å². The molecule has 0 aromatic heterocycles. The Morgan fingerprint density at radius 2 is 1.60 bits per heavy atom. The molecule has 1 amide bonds. The second kappa shape index (κ2) is 6.79. The van der Waals surface area contributed by atoms with Crippen LogP contribution in [0.5, 0.6) is 0 Å². The molecule has 1 rings (SSSR count). The van der Waals surface area contributed by atoms with Crippen molar-refractivity contribution in [3.05, 3.63) is 0 Å². The lowest BCUT2D eigenvalue weighted by Crippen LogP contribution is -2.53. The summed E-state index contributed by atoms with van der Waals surface area (Å²) in [5.41, 5.74) is -0.180. The van der Waals surface area contributed by atoms with Gasteiger partial charge in [0.05, 0.1) is 0 Å². The van der Waals surface area contributed by atoms with Crippen molar-refractivity contribution in [3.63, 3.8) is 0 Å². The van der Waals surface area contributed by atoms with E-state index in [0.29, 0.717) is 6.04 Å². The second-order valence-corrected chi connectivity index (χ2v) is 8.09. The van der Waals surface area contributed by atoms with Crippen molar-refractivity contribution >= 4 is 6.09 Å². The minimum Gasteiger partial charge on any atom is -0.444 e. The van der Waals surface area contributed by atoms with Gasteiger partial charge in [-0.05, 0) is 39.0 Å². The topological polar surface area (TPSA) is 50.4 Å². The molecule has 0 radical (unpaired) electrons. The van der Waals surface area contributed by atoms with Crippen LogP contribution in [0.3, 0.4) is 0 Å². The van der Waals surface area contributed by atoms with Crippen LogP contribution in [0, 0.1) is 5.41 Å². The van der Waals surface area contributed by atoms with Crippen LogP contribution in [0.1, 0.15) is 67.2 Å². The summed E-state index contributed by atoms with van der Waals surface area (Å²) in [4.78, 5) is 11.9. The highest BCUT2D eigenvalue weighted by Gasteiger charge is 2.28. The van der Waals surface area contributed by atoms with Crippen LogP contribution in [0.25, 0.3) is 0 Å². The molecule has 1 aliphatic rings. The third-order valence-electron chi connectivity index (χ3n) is 3.36. The maximum atomic E-state index is 11.9. The molecule has 1 saturated carbocycles. The fourth-order valence-electron chi connectivity index (χ4n) is 2.44. The van der Waals surface area contributed by atoms with Gasteiger partial charge in [0, 0.05) is 18.6 Å². The maximum Gasteiger partial charge on any atom is 0.407 e. The van der Waals surface area contributed by atoms with Gasteiger partial charge in [-0.1, -0.05) is 33.6 Å². The standard InChI is InChI=1S/C16H32N2O2/c1-15(2,3)11-17-12-9-7-8-10-13(12)18-14(19)20-16(4,5)6/h12-13,17H,7-11H2,1-6H3,(H,18,19)/t12-,13-/m0/s1. The second-order valence-electron chi connectivity index (χ2n) is 8.09. The third-order valence-corrected chi connectivity index (χ3v) is 3.36. The van der Waals surface area contributed by atoms with Crippen LogP contribution in [0.15, 0.2) is 0 Å². The van der Waals surface area contributed by atoms with Crippen LogP contribution in [-0.4, -0.2) is 30.3 Å². The highest BCUT2D eigenvalue weighted by molar-refractivity contribution is 5.68. The number of rotatable bonds is 3. The lowest BCUT2D eigenvalue weighted by atomic mass is 9.88. The van der Waals surface area contributed by atoms with Gasteiger partial charge in [-0.3, -0.25) is 0 Å². The summed E-state index contributed by atoms with van der Waals surface area (Å²) >= 11 is 0. The van der Waals surface area contributed by atoms with E-state index in [-0.39, 0.29) is 17.6 Å². The fourth-order valence-corrected chi connectivity index (χ4v) is 2.44. The van der Waals surface area contributed by atoms with Gasteiger partial charge < -0.3 is 15.4 Å². The first-order valence-electron chi connectivity index (χ1n) is 7.80. The van der Waals surface area contributed by atoms with E-state index in [0.717, 1.165) is 19.4 Å². The predicted octanol–water partition coefficient (Wildman–Crippen LogP) is 3.46.